The summed E-state index contributed by atoms with van der Waals surface area (Å²) in [5.41, 5.74) is 9.62. The van der Waals surface area contributed by atoms with Crippen molar-refractivity contribution in [3.63, 3.8) is 0 Å². The molecule has 1 heterocycles. The van der Waals surface area contributed by atoms with Gasteiger partial charge >= 0.3 is 0 Å². The molecular formula is C17H15ClN2. The average molecular weight is 283 g/mol. The summed E-state index contributed by atoms with van der Waals surface area (Å²) in [6, 6.07) is 13.8. The Labute approximate surface area is 123 Å². The molecule has 0 spiro atoms. The van der Waals surface area contributed by atoms with Crippen LogP contribution in [0, 0.1) is 6.92 Å². The monoisotopic (exact) mass is 282 g/mol. The van der Waals surface area contributed by atoms with Crippen molar-refractivity contribution < 1.29 is 0 Å². The fourth-order valence-electron chi connectivity index (χ4n) is 2.54. The molecule has 0 aliphatic rings. The predicted octanol–water partition coefficient (Wildman–Crippen LogP) is 4.24. The summed E-state index contributed by atoms with van der Waals surface area (Å²) in [6.45, 7) is 2.00. The Morgan fingerprint density at radius 1 is 1.05 bits per heavy atom. The van der Waals surface area contributed by atoms with Crippen LogP contribution in [-0.4, -0.2) is 4.98 Å². The van der Waals surface area contributed by atoms with Crippen LogP contribution in [0.3, 0.4) is 0 Å². The highest BCUT2D eigenvalue weighted by molar-refractivity contribution is 6.31. The molecule has 3 aromatic rings. The second-order valence-corrected chi connectivity index (χ2v) is 5.28. The van der Waals surface area contributed by atoms with E-state index in [1.165, 1.54) is 0 Å². The van der Waals surface area contributed by atoms with E-state index in [9.17, 15) is 0 Å². The molecule has 2 nitrogen and oxygen atoms in total. The molecule has 2 N–H and O–H groups in total. The molecule has 0 bridgehead atoms. The second kappa shape index (κ2) is 5.23. The van der Waals surface area contributed by atoms with Crippen LogP contribution in [0.1, 0.15) is 22.7 Å². The van der Waals surface area contributed by atoms with Crippen LogP contribution in [0.5, 0.6) is 0 Å². The number of hydrogen-bond acceptors (Lipinski definition) is 2. The number of benzene rings is 2. The fourth-order valence-corrected chi connectivity index (χ4v) is 2.72. The zero-order chi connectivity index (χ0) is 14.1. The first-order valence-electron chi connectivity index (χ1n) is 6.51. The molecule has 0 aliphatic carbocycles. The molecule has 1 unspecified atom stereocenters. The number of nitrogens with two attached hydrogens (primary N) is 1. The third kappa shape index (κ3) is 2.17. The first kappa shape index (κ1) is 13.1. The van der Waals surface area contributed by atoms with Crippen LogP contribution in [-0.2, 0) is 0 Å². The molecule has 0 amide bonds. The second-order valence-electron chi connectivity index (χ2n) is 4.88. The van der Waals surface area contributed by atoms with Crippen LogP contribution in [0.2, 0.25) is 5.02 Å². The Kier molecular flexibility index (Phi) is 3.43. The lowest BCUT2D eigenvalue weighted by molar-refractivity contribution is 0.870. The quantitative estimate of drug-likeness (QED) is 0.763. The number of fused-ring (bicyclic) bond motifs is 1. The Balaban J connectivity index is 2.18. The summed E-state index contributed by atoms with van der Waals surface area (Å²) in [7, 11) is 0. The molecule has 1 aromatic heterocycles. The smallest absolute Gasteiger partial charge is 0.0561 e. The number of halogens is 1. The van der Waals surface area contributed by atoms with Gasteiger partial charge in [-0.25, -0.2) is 0 Å². The van der Waals surface area contributed by atoms with E-state index in [2.05, 4.69) is 17.1 Å². The number of nitrogens with zero attached hydrogens (tertiary/aromatic N) is 1. The number of hydrogen-bond donors (Lipinski definition) is 1. The van der Waals surface area contributed by atoms with Crippen molar-refractivity contribution in [3.8, 4) is 0 Å². The highest BCUT2D eigenvalue weighted by atomic mass is 35.5. The van der Waals surface area contributed by atoms with Gasteiger partial charge in [0.2, 0.25) is 0 Å². The molecule has 3 heteroatoms. The average Bonchev–Trinajstić information content (AvgIpc) is 2.49. The van der Waals surface area contributed by atoms with E-state index < -0.39 is 0 Å². The van der Waals surface area contributed by atoms with Gasteiger partial charge in [-0.15, -0.1) is 0 Å². The van der Waals surface area contributed by atoms with E-state index in [4.69, 9.17) is 17.3 Å². The molecule has 0 radical (unpaired) electrons. The molecule has 0 saturated carbocycles. The fraction of sp³-hybridized carbons (Fsp3) is 0.118. The summed E-state index contributed by atoms with van der Waals surface area (Å²) >= 11 is 6.20. The first-order chi connectivity index (χ1) is 9.68. The molecule has 100 valence electrons. The number of pyridine rings is 1. The predicted molar refractivity (Wildman–Crippen MR) is 84.0 cm³/mol. The van der Waals surface area contributed by atoms with Crippen molar-refractivity contribution >= 4 is 22.4 Å². The maximum Gasteiger partial charge on any atom is 0.0561 e. The Morgan fingerprint density at radius 3 is 2.65 bits per heavy atom. The maximum absolute atomic E-state index is 6.47. The summed E-state index contributed by atoms with van der Waals surface area (Å²) in [5.74, 6) is 0. The molecule has 0 saturated heterocycles. The standard InChI is InChI=1S/C17H15ClN2/c1-11-13(5-3-7-16(11)18)17(19)14-6-2-4-12-8-9-20-10-15(12)14/h2-10,17H,19H2,1H3. The summed E-state index contributed by atoms with van der Waals surface area (Å²) < 4.78 is 0. The maximum atomic E-state index is 6.47. The van der Waals surface area contributed by atoms with Crippen molar-refractivity contribution in [2.45, 2.75) is 13.0 Å². The van der Waals surface area contributed by atoms with Gasteiger partial charge in [0.25, 0.3) is 0 Å². The van der Waals surface area contributed by atoms with Gasteiger partial charge in [-0.05, 0) is 41.1 Å². The normalized spacial score (nSPS) is 12.6. The molecule has 20 heavy (non-hydrogen) atoms. The van der Waals surface area contributed by atoms with E-state index in [-0.39, 0.29) is 6.04 Å². The topological polar surface area (TPSA) is 38.9 Å². The van der Waals surface area contributed by atoms with Gasteiger partial charge in [-0.3, -0.25) is 4.98 Å². The third-order valence-electron chi connectivity index (χ3n) is 3.70. The highest BCUT2D eigenvalue weighted by Crippen LogP contribution is 2.30. The number of rotatable bonds is 2. The number of aromatic nitrogens is 1. The van der Waals surface area contributed by atoms with Crippen molar-refractivity contribution in [1.29, 1.82) is 0 Å². The highest BCUT2D eigenvalue weighted by Gasteiger charge is 2.15. The zero-order valence-electron chi connectivity index (χ0n) is 11.2. The van der Waals surface area contributed by atoms with Gasteiger partial charge in [-0.1, -0.05) is 41.9 Å². The van der Waals surface area contributed by atoms with Crippen molar-refractivity contribution in [2.24, 2.45) is 5.73 Å². The zero-order valence-corrected chi connectivity index (χ0v) is 11.9. The van der Waals surface area contributed by atoms with Gasteiger partial charge in [0.1, 0.15) is 0 Å². The Hall–Kier alpha value is -1.90. The summed E-state index contributed by atoms with van der Waals surface area (Å²) in [5, 5.41) is 2.98. The minimum absolute atomic E-state index is 0.207. The summed E-state index contributed by atoms with van der Waals surface area (Å²) in [4.78, 5) is 4.21. The van der Waals surface area contributed by atoms with Crippen LogP contribution in [0.25, 0.3) is 10.8 Å². The van der Waals surface area contributed by atoms with Gasteiger partial charge < -0.3 is 5.73 Å². The Bertz CT molecular complexity index is 763. The Morgan fingerprint density at radius 2 is 1.80 bits per heavy atom. The molecule has 3 rings (SSSR count). The minimum atomic E-state index is -0.207. The van der Waals surface area contributed by atoms with Gasteiger partial charge in [-0.2, -0.15) is 0 Å². The van der Waals surface area contributed by atoms with Crippen LogP contribution >= 0.6 is 11.6 Å². The molecule has 1 atom stereocenters. The van der Waals surface area contributed by atoms with E-state index in [0.29, 0.717) is 0 Å². The van der Waals surface area contributed by atoms with E-state index in [1.54, 1.807) is 6.20 Å². The molecule has 0 fully saturated rings. The first-order valence-corrected chi connectivity index (χ1v) is 6.89. The van der Waals surface area contributed by atoms with Crippen molar-refractivity contribution in [3.05, 3.63) is 76.6 Å². The van der Waals surface area contributed by atoms with Gasteiger partial charge in [0.05, 0.1) is 6.04 Å². The summed E-state index contributed by atoms with van der Waals surface area (Å²) in [6.07, 6.45) is 3.66. The van der Waals surface area contributed by atoms with Crippen molar-refractivity contribution in [1.82, 2.24) is 4.98 Å². The largest absolute Gasteiger partial charge is 0.320 e. The molecular weight excluding hydrogens is 268 g/mol. The molecule has 2 aromatic carbocycles. The van der Waals surface area contributed by atoms with Crippen molar-refractivity contribution in [2.75, 3.05) is 0 Å². The van der Waals surface area contributed by atoms with Gasteiger partial charge in [0.15, 0.2) is 0 Å². The minimum Gasteiger partial charge on any atom is -0.320 e. The lowest BCUT2D eigenvalue weighted by atomic mass is 9.93. The SMILES string of the molecule is Cc1c(Cl)cccc1C(N)c1cccc2ccncc12. The van der Waals surface area contributed by atoms with Crippen LogP contribution < -0.4 is 5.73 Å². The van der Waals surface area contributed by atoms with Crippen LogP contribution in [0.4, 0.5) is 0 Å². The van der Waals surface area contributed by atoms with E-state index >= 15 is 0 Å². The lowest BCUT2D eigenvalue weighted by Gasteiger charge is -2.17. The van der Waals surface area contributed by atoms with Crippen LogP contribution in [0.15, 0.2) is 54.9 Å². The third-order valence-corrected chi connectivity index (χ3v) is 4.11. The van der Waals surface area contributed by atoms with Gasteiger partial charge in [0, 0.05) is 22.8 Å². The molecule has 0 aliphatic heterocycles. The lowest BCUT2D eigenvalue weighted by Crippen LogP contribution is -2.13. The van der Waals surface area contributed by atoms with E-state index in [1.807, 2.05) is 43.5 Å². The van der Waals surface area contributed by atoms with E-state index in [0.717, 1.165) is 32.5 Å².